The zero-order chi connectivity index (χ0) is 18.4. The van der Waals surface area contributed by atoms with Gasteiger partial charge in [0, 0.05) is 0 Å². The average Bonchev–Trinajstić information content (AvgIpc) is 2.58. The summed E-state index contributed by atoms with van der Waals surface area (Å²) in [5, 5.41) is 2.93. The molecule has 2 aromatic carbocycles. The van der Waals surface area contributed by atoms with Crippen LogP contribution in [0.3, 0.4) is 0 Å². The Balaban J connectivity index is 2.14. The Kier molecular flexibility index (Phi) is 6.20. The first-order valence-corrected chi connectivity index (χ1v) is 10.0. The number of carbonyl (C=O) groups excluding carboxylic acids is 1. The summed E-state index contributed by atoms with van der Waals surface area (Å²) in [6, 6.07) is 16.4. The monoisotopic (exact) mass is 360 g/mol. The van der Waals surface area contributed by atoms with Crippen LogP contribution in [0.5, 0.6) is 0 Å². The second kappa shape index (κ2) is 8.16. The number of amides is 1. The van der Waals surface area contributed by atoms with Gasteiger partial charge in [-0.3, -0.25) is 9.10 Å². The fourth-order valence-corrected chi connectivity index (χ4v) is 3.44. The Hall–Kier alpha value is -2.34. The van der Waals surface area contributed by atoms with Gasteiger partial charge in [0.05, 0.1) is 18.0 Å². The molecule has 0 fully saturated rings. The molecule has 1 atom stereocenters. The van der Waals surface area contributed by atoms with Gasteiger partial charge in [0.25, 0.3) is 0 Å². The zero-order valence-electron chi connectivity index (χ0n) is 14.8. The summed E-state index contributed by atoms with van der Waals surface area (Å²) in [6.45, 7) is 3.74. The molecule has 1 amide bonds. The molecule has 0 aliphatic carbocycles. The molecule has 0 aromatic heterocycles. The van der Waals surface area contributed by atoms with Gasteiger partial charge in [-0.15, -0.1) is 0 Å². The molecule has 1 N–H and O–H groups in total. The van der Waals surface area contributed by atoms with Crippen LogP contribution in [0, 0.1) is 6.92 Å². The van der Waals surface area contributed by atoms with Gasteiger partial charge in [0.2, 0.25) is 15.9 Å². The standard InChI is InChI=1S/C19H24N2O3S/c1-4-18(16-12-10-15(2)11-13-16)20-19(22)14-21(25(3,23)24)17-8-6-5-7-9-17/h5-13,18H,4,14H2,1-3H3,(H,20,22)/t18-/m1/s1. The number of benzene rings is 2. The number of nitrogens with one attached hydrogen (secondary N) is 1. The number of nitrogens with zero attached hydrogens (tertiary/aromatic N) is 1. The van der Waals surface area contributed by atoms with Crippen LogP contribution in [-0.4, -0.2) is 27.1 Å². The molecular weight excluding hydrogens is 336 g/mol. The number of aryl methyl sites for hydroxylation is 1. The second-order valence-corrected chi connectivity index (χ2v) is 7.95. The molecule has 134 valence electrons. The summed E-state index contributed by atoms with van der Waals surface area (Å²) in [5.41, 5.74) is 2.63. The van der Waals surface area contributed by atoms with Crippen LogP contribution in [0.15, 0.2) is 54.6 Å². The van der Waals surface area contributed by atoms with Crippen molar-refractivity contribution in [3.05, 3.63) is 65.7 Å². The van der Waals surface area contributed by atoms with E-state index in [-0.39, 0.29) is 18.5 Å². The number of rotatable bonds is 7. The lowest BCUT2D eigenvalue weighted by Crippen LogP contribution is -2.41. The van der Waals surface area contributed by atoms with Crippen molar-refractivity contribution in [2.75, 3.05) is 17.1 Å². The van der Waals surface area contributed by atoms with Crippen molar-refractivity contribution in [2.24, 2.45) is 0 Å². The maximum atomic E-state index is 12.5. The van der Waals surface area contributed by atoms with E-state index in [0.29, 0.717) is 5.69 Å². The summed E-state index contributed by atoms with van der Waals surface area (Å²) in [7, 11) is -3.55. The van der Waals surface area contributed by atoms with E-state index in [1.807, 2.05) is 38.1 Å². The molecule has 0 unspecified atom stereocenters. The molecule has 0 saturated carbocycles. The van der Waals surface area contributed by atoms with Crippen molar-refractivity contribution in [3.8, 4) is 0 Å². The Morgan fingerprint density at radius 2 is 1.68 bits per heavy atom. The van der Waals surface area contributed by atoms with E-state index in [1.54, 1.807) is 30.3 Å². The molecule has 0 bridgehead atoms. The van der Waals surface area contributed by atoms with Crippen molar-refractivity contribution in [2.45, 2.75) is 26.3 Å². The van der Waals surface area contributed by atoms with E-state index in [2.05, 4.69) is 5.32 Å². The minimum atomic E-state index is -3.55. The summed E-state index contributed by atoms with van der Waals surface area (Å²) >= 11 is 0. The minimum Gasteiger partial charge on any atom is -0.348 e. The van der Waals surface area contributed by atoms with E-state index in [4.69, 9.17) is 0 Å². The molecular formula is C19H24N2O3S. The maximum Gasteiger partial charge on any atom is 0.241 e. The molecule has 0 spiro atoms. The van der Waals surface area contributed by atoms with Gasteiger partial charge in [-0.25, -0.2) is 8.42 Å². The van der Waals surface area contributed by atoms with E-state index in [1.165, 1.54) is 0 Å². The Labute approximate surface area is 149 Å². The molecule has 5 nitrogen and oxygen atoms in total. The van der Waals surface area contributed by atoms with E-state index in [9.17, 15) is 13.2 Å². The second-order valence-electron chi connectivity index (χ2n) is 6.04. The van der Waals surface area contributed by atoms with Crippen molar-refractivity contribution < 1.29 is 13.2 Å². The number of sulfonamides is 1. The number of anilines is 1. The van der Waals surface area contributed by atoms with Gasteiger partial charge in [0.1, 0.15) is 6.54 Å². The Morgan fingerprint density at radius 1 is 1.08 bits per heavy atom. The molecule has 0 aliphatic rings. The zero-order valence-corrected chi connectivity index (χ0v) is 15.6. The summed E-state index contributed by atoms with van der Waals surface area (Å²) in [6.07, 6.45) is 1.82. The van der Waals surface area contributed by atoms with Crippen LogP contribution in [0.1, 0.15) is 30.5 Å². The summed E-state index contributed by atoms with van der Waals surface area (Å²) in [5.74, 6) is -0.332. The highest BCUT2D eigenvalue weighted by molar-refractivity contribution is 7.92. The largest absolute Gasteiger partial charge is 0.348 e. The van der Waals surface area contributed by atoms with Gasteiger partial charge >= 0.3 is 0 Å². The lowest BCUT2D eigenvalue weighted by atomic mass is 10.0. The fourth-order valence-electron chi connectivity index (χ4n) is 2.58. The quantitative estimate of drug-likeness (QED) is 0.825. The fraction of sp³-hybridized carbons (Fsp3) is 0.316. The number of hydrogen-bond donors (Lipinski definition) is 1. The van der Waals surface area contributed by atoms with Gasteiger partial charge in [-0.1, -0.05) is 55.0 Å². The number of hydrogen-bond acceptors (Lipinski definition) is 3. The van der Waals surface area contributed by atoms with Crippen LogP contribution >= 0.6 is 0 Å². The van der Waals surface area contributed by atoms with Gasteiger partial charge in [0.15, 0.2) is 0 Å². The Morgan fingerprint density at radius 3 is 2.20 bits per heavy atom. The summed E-state index contributed by atoms with van der Waals surface area (Å²) in [4.78, 5) is 12.5. The highest BCUT2D eigenvalue weighted by Gasteiger charge is 2.22. The lowest BCUT2D eigenvalue weighted by molar-refractivity contribution is -0.120. The normalized spacial score (nSPS) is 12.4. The first-order valence-electron chi connectivity index (χ1n) is 8.20. The minimum absolute atomic E-state index is 0.148. The molecule has 25 heavy (non-hydrogen) atoms. The Bertz CT molecular complexity index is 802. The van der Waals surface area contributed by atoms with E-state index < -0.39 is 10.0 Å². The highest BCUT2D eigenvalue weighted by Crippen LogP contribution is 2.19. The first kappa shape index (κ1) is 19.0. The van der Waals surface area contributed by atoms with Crippen LogP contribution < -0.4 is 9.62 Å². The lowest BCUT2D eigenvalue weighted by Gasteiger charge is -2.24. The third kappa shape index (κ3) is 5.32. The molecule has 2 aromatic rings. The number of para-hydroxylation sites is 1. The molecule has 6 heteroatoms. The molecule has 0 heterocycles. The van der Waals surface area contributed by atoms with Crippen molar-refractivity contribution in [1.82, 2.24) is 5.32 Å². The van der Waals surface area contributed by atoms with Crippen LogP contribution in [-0.2, 0) is 14.8 Å². The van der Waals surface area contributed by atoms with E-state index in [0.717, 1.165) is 28.1 Å². The van der Waals surface area contributed by atoms with Crippen LogP contribution in [0.2, 0.25) is 0 Å². The highest BCUT2D eigenvalue weighted by atomic mass is 32.2. The molecule has 0 radical (unpaired) electrons. The first-order chi connectivity index (χ1) is 11.8. The third-order valence-corrected chi connectivity index (χ3v) is 5.10. The van der Waals surface area contributed by atoms with Gasteiger partial charge in [-0.2, -0.15) is 0 Å². The van der Waals surface area contributed by atoms with Crippen molar-refractivity contribution in [3.63, 3.8) is 0 Å². The summed E-state index contributed by atoms with van der Waals surface area (Å²) < 4.78 is 25.3. The van der Waals surface area contributed by atoms with Gasteiger partial charge in [-0.05, 0) is 31.0 Å². The third-order valence-electron chi connectivity index (χ3n) is 3.95. The van der Waals surface area contributed by atoms with E-state index >= 15 is 0 Å². The average molecular weight is 360 g/mol. The van der Waals surface area contributed by atoms with Crippen LogP contribution in [0.25, 0.3) is 0 Å². The SMILES string of the molecule is CC[C@@H](NC(=O)CN(c1ccccc1)S(C)(=O)=O)c1ccc(C)cc1. The molecule has 0 saturated heterocycles. The molecule has 2 rings (SSSR count). The maximum absolute atomic E-state index is 12.5. The number of carbonyl (C=O) groups is 1. The van der Waals surface area contributed by atoms with Crippen LogP contribution in [0.4, 0.5) is 5.69 Å². The van der Waals surface area contributed by atoms with Crippen molar-refractivity contribution in [1.29, 1.82) is 0 Å². The van der Waals surface area contributed by atoms with Gasteiger partial charge < -0.3 is 5.32 Å². The van der Waals surface area contributed by atoms with Crippen molar-refractivity contribution >= 4 is 21.6 Å². The molecule has 0 aliphatic heterocycles. The predicted octanol–water partition coefficient (Wildman–Crippen LogP) is 3.03. The smallest absolute Gasteiger partial charge is 0.241 e. The predicted molar refractivity (Wildman–Crippen MR) is 101 cm³/mol. The topological polar surface area (TPSA) is 66.5 Å².